The van der Waals surface area contributed by atoms with Crippen molar-refractivity contribution in [3.05, 3.63) is 259 Å². The third kappa shape index (κ3) is 5.41. The average Bonchev–Trinajstić information content (AvgIpc) is 4.04. The summed E-state index contributed by atoms with van der Waals surface area (Å²) in [6, 6.07) is 84.9. The van der Waals surface area contributed by atoms with Crippen LogP contribution in [0.5, 0.6) is 0 Å². The van der Waals surface area contributed by atoms with E-state index in [1.54, 1.807) is 0 Å². The molecule has 10 aromatic carbocycles. The van der Waals surface area contributed by atoms with Gasteiger partial charge in [-0.15, -0.1) is 0 Å². The van der Waals surface area contributed by atoms with E-state index in [9.17, 15) is 0 Å². The summed E-state index contributed by atoms with van der Waals surface area (Å²) in [5, 5.41) is 4.43. The molecule has 2 aromatic heterocycles. The van der Waals surface area contributed by atoms with Crippen LogP contribution in [-0.4, -0.2) is 0 Å². The van der Waals surface area contributed by atoms with Gasteiger partial charge in [0.2, 0.25) is 0 Å². The van der Waals surface area contributed by atoms with Gasteiger partial charge in [0.25, 0.3) is 0 Å². The second kappa shape index (κ2) is 14.3. The molecule has 0 N–H and O–H groups in total. The molecule has 0 aliphatic heterocycles. The minimum atomic E-state index is -0.578. The summed E-state index contributed by atoms with van der Waals surface area (Å²) in [6.07, 6.45) is 0. The van der Waals surface area contributed by atoms with Crippen LogP contribution >= 0.6 is 0 Å². The van der Waals surface area contributed by atoms with E-state index < -0.39 is 5.41 Å². The number of nitrogens with zero attached hydrogens (tertiary/aromatic N) is 1. The number of fused-ring (bicyclic) bond motifs is 9. The summed E-state index contributed by atoms with van der Waals surface area (Å²) < 4.78 is 13.7. The van der Waals surface area contributed by atoms with Gasteiger partial charge in [-0.2, -0.15) is 0 Å². The lowest BCUT2D eigenvalue weighted by Gasteiger charge is -2.33. The molecule has 12 aromatic rings. The van der Waals surface area contributed by atoms with Gasteiger partial charge >= 0.3 is 0 Å². The number of rotatable bonds is 7. The molecule has 3 nitrogen and oxygen atoms in total. The van der Waals surface area contributed by atoms with Crippen molar-refractivity contribution in [1.29, 1.82) is 0 Å². The molecule has 64 heavy (non-hydrogen) atoms. The quantitative estimate of drug-likeness (QED) is 0.160. The van der Waals surface area contributed by atoms with Crippen LogP contribution in [0.15, 0.2) is 245 Å². The lowest BCUT2D eigenvalue weighted by Crippen LogP contribution is -2.28. The fraction of sp³-hybridized carbons (Fsp3) is 0.0164. The SMILES string of the molecule is c1ccc(-c2ccc(N(c3ccc(-c4cccc5c4oc4ccccc45)cc3)c3ccc4c(c3)oc3c(C5(c6ccccc6)c6ccccc6-c6ccccc65)cccc34)cc2)cc1. The van der Waals surface area contributed by atoms with Crippen LogP contribution in [0.25, 0.3) is 77.3 Å². The zero-order chi connectivity index (χ0) is 42.2. The highest BCUT2D eigenvalue weighted by atomic mass is 16.3. The maximum atomic E-state index is 7.22. The van der Waals surface area contributed by atoms with Crippen molar-refractivity contribution >= 4 is 60.9 Å². The van der Waals surface area contributed by atoms with Gasteiger partial charge in [-0.25, -0.2) is 0 Å². The van der Waals surface area contributed by atoms with E-state index in [1.165, 1.54) is 38.9 Å². The summed E-state index contributed by atoms with van der Waals surface area (Å²) in [5.41, 5.74) is 17.9. The molecule has 0 radical (unpaired) electrons. The van der Waals surface area contributed by atoms with Crippen LogP contribution in [0.4, 0.5) is 17.1 Å². The first kappa shape index (κ1) is 36.3. The molecule has 0 saturated heterocycles. The summed E-state index contributed by atoms with van der Waals surface area (Å²) in [5.74, 6) is 0. The molecule has 0 amide bonds. The van der Waals surface area contributed by atoms with Crippen molar-refractivity contribution in [2.45, 2.75) is 5.41 Å². The largest absolute Gasteiger partial charge is 0.456 e. The minimum absolute atomic E-state index is 0.578. The molecule has 1 aliphatic rings. The van der Waals surface area contributed by atoms with Gasteiger partial charge in [0.05, 0.1) is 5.41 Å². The minimum Gasteiger partial charge on any atom is -0.456 e. The molecule has 0 unspecified atom stereocenters. The van der Waals surface area contributed by atoms with Crippen molar-refractivity contribution in [1.82, 2.24) is 0 Å². The van der Waals surface area contributed by atoms with E-state index in [-0.39, 0.29) is 0 Å². The Balaban J connectivity index is 0.979. The number of hydrogen-bond acceptors (Lipinski definition) is 3. The average molecular weight is 818 g/mol. The van der Waals surface area contributed by atoms with Crippen molar-refractivity contribution in [3.8, 4) is 33.4 Å². The van der Waals surface area contributed by atoms with Crippen molar-refractivity contribution in [2.24, 2.45) is 0 Å². The molecule has 0 atom stereocenters. The Bertz CT molecular complexity index is 3670. The van der Waals surface area contributed by atoms with Gasteiger partial charge < -0.3 is 13.7 Å². The molecule has 1 aliphatic carbocycles. The van der Waals surface area contributed by atoms with Gasteiger partial charge in [0.15, 0.2) is 0 Å². The summed E-state index contributed by atoms with van der Waals surface area (Å²) in [4.78, 5) is 2.32. The molecule has 300 valence electrons. The Morgan fingerprint density at radius 1 is 0.297 bits per heavy atom. The Morgan fingerprint density at radius 3 is 1.50 bits per heavy atom. The van der Waals surface area contributed by atoms with E-state index in [0.29, 0.717) is 0 Å². The Morgan fingerprint density at radius 2 is 0.781 bits per heavy atom. The lowest BCUT2D eigenvalue weighted by molar-refractivity contribution is 0.648. The first-order valence-electron chi connectivity index (χ1n) is 21.9. The number of para-hydroxylation sites is 3. The van der Waals surface area contributed by atoms with Crippen LogP contribution in [-0.2, 0) is 5.41 Å². The van der Waals surface area contributed by atoms with Gasteiger partial charge in [0.1, 0.15) is 22.3 Å². The molecular formula is C61H39NO2. The highest BCUT2D eigenvalue weighted by molar-refractivity contribution is 6.10. The second-order valence-electron chi connectivity index (χ2n) is 16.7. The lowest BCUT2D eigenvalue weighted by atomic mass is 9.67. The van der Waals surface area contributed by atoms with Gasteiger partial charge in [0, 0.05) is 55.8 Å². The van der Waals surface area contributed by atoms with Crippen LogP contribution in [0.3, 0.4) is 0 Å². The van der Waals surface area contributed by atoms with Crippen molar-refractivity contribution in [2.75, 3.05) is 4.90 Å². The van der Waals surface area contributed by atoms with Crippen LogP contribution < -0.4 is 4.90 Å². The molecular weight excluding hydrogens is 779 g/mol. The molecule has 0 spiro atoms. The Labute approximate surface area is 370 Å². The zero-order valence-electron chi connectivity index (χ0n) is 34.8. The Kier molecular flexibility index (Phi) is 8.13. The van der Waals surface area contributed by atoms with E-state index >= 15 is 0 Å². The first-order chi connectivity index (χ1) is 31.7. The molecule has 13 rings (SSSR count). The van der Waals surface area contributed by atoms with E-state index in [2.05, 4.69) is 229 Å². The third-order valence-electron chi connectivity index (χ3n) is 13.4. The van der Waals surface area contributed by atoms with E-state index in [0.717, 1.165) is 77.6 Å². The predicted molar refractivity (Wildman–Crippen MR) is 264 cm³/mol. The first-order valence-corrected chi connectivity index (χ1v) is 21.9. The fourth-order valence-electron chi connectivity index (χ4n) is 10.5. The van der Waals surface area contributed by atoms with Gasteiger partial charge in [-0.3, -0.25) is 0 Å². The van der Waals surface area contributed by atoms with Crippen LogP contribution in [0, 0.1) is 0 Å². The van der Waals surface area contributed by atoms with Crippen LogP contribution in [0.1, 0.15) is 22.3 Å². The zero-order valence-corrected chi connectivity index (χ0v) is 34.8. The van der Waals surface area contributed by atoms with E-state index in [4.69, 9.17) is 8.83 Å². The molecule has 2 heterocycles. The third-order valence-corrected chi connectivity index (χ3v) is 13.4. The normalized spacial score (nSPS) is 12.8. The standard InChI is InChI=1S/C61H39NO2/c1-3-15-40(16-4-1)41-29-33-44(34-30-41)62(45-35-31-42(32-36-45)47-22-13-23-52-50-21-9-12-28-57(50)63-59(47)52)46-37-38-51-53-24-14-27-56(60(53)64-58(51)39-46)61(43-17-5-2-6-18-43)54-25-10-7-19-48(54)49-20-8-11-26-55(49)61/h1-39H. The van der Waals surface area contributed by atoms with Crippen molar-refractivity contribution in [3.63, 3.8) is 0 Å². The van der Waals surface area contributed by atoms with E-state index in [1.807, 2.05) is 12.1 Å². The monoisotopic (exact) mass is 817 g/mol. The maximum absolute atomic E-state index is 7.22. The summed E-state index contributed by atoms with van der Waals surface area (Å²) >= 11 is 0. The highest BCUT2D eigenvalue weighted by Crippen LogP contribution is 2.57. The second-order valence-corrected chi connectivity index (χ2v) is 16.7. The summed E-state index contributed by atoms with van der Waals surface area (Å²) in [7, 11) is 0. The number of furan rings is 2. The molecule has 0 saturated carbocycles. The molecule has 0 bridgehead atoms. The van der Waals surface area contributed by atoms with Gasteiger partial charge in [-0.05, 0) is 87.0 Å². The fourth-order valence-corrected chi connectivity index (χ4v) is 10.5. The number of hydrogen-bond donors (Lipinski definition) is 0. The van der Waals surface area contributed by atoms with Crippen molar-refractivity contribution < 1.29 is 8.83 Å². The number of anilines is 3. The van der Waals surface area contributed by atoms with Crippen LogP contribution in [0.2, 0.25) is 0 Å². The Hall–Kier alpha value is -8.40. The molecule has 3 heteroatoms. The smallest absolute Gasteiger partial charge is 0.143 e. The molecule has 0 fully saturated rings. The van der Waals surface area contributed by atoms with Gasteiger partial charge in [-0.1, -0.05) is 188 Å². The number of benzene rings is 10. The maximum Gasteiger partial charge on any atom is 0.143 e. The topological polar surface area (TPSA) is 29.5 Å². The highest BCUT2D eigenvalue weighted by Gasteiger charge is 2.47. The predicted octanol–water partition coefficient (Wildman–Crippen LogP) is 16.7. The summed E-state index contributed by atoms with van der Waals surface area (Å²) in [6.45, 7) is 0.